The van der Waals surface area contributed by atoms with Crippen LogP contribution in [0.4, 0.5) is 0 Å². The topological polar surface area (TPSA) is 61.0 Å². The van der Waals surface area contributed by atoms with Crippen molar-refractivity contribution in [2.45, 2.75) is 32.1 Å². The van der Waals surface area contributed by atoms with Crippen LogP contribution in [0.15, 0.2) is 12.3 Å². The first-order valence-electron chi connectivity index (χ1n) is 6.01. The molecule has 0 radical (unpaired) electrons. The van der Waals surface area contributed by atoms with Crippen molar-refractivity contribution in [2.75, 3.05) is 6.61 Å². The monoisotopic (exact) mass is 251 g/mol. The molecular weight excluding hydrogens is 234 g/mol. The SMILES string of the molecule is NC(=S)c1ccnnc1OCC1CCCCC1. The van der Waals surface area contributed by atoms with Crippen LogP contribution in [0.1, 0.15) is 37.7 Å². The van der Waals surface area contributed by atoms with Gasteiger partial charge in [-0.25, -0.2) is 0 Å². The first-order valence-corrected chi connectivity index (χ1v) is 6.42. The minimum absolute atomic E-state index is 0.304. The molecule has 4 nitrogen and oxygen atoms in total. The van der Waals surface area contributed by atoms with Gasteiger partial charge in [-0.1, -0.05) is 31.5 Å². The second kappa shape index (κ2) is 5.91. The smallest absolute Gasteiger partial charge is 0.243 e. The van der Waals surface area contributed by atoms with Gasteiger partial charge >= 0.3 is 0 Å². The van der Waals surface area contributed by atoms with Crippen molar-refractivity contribution in [3.8, 4) is 5.88 Å². The molecule has 17 heavy (non-hydrogen) atoms. The van der Waals surface area contributed by atoms with Gasteiger partial charge in [0.25, 0.3) is 0 Å². The Hall–Kier alpha value is -1.23. The lowest BCUT2D eigenvalue weighted by atomic mass is 9.90. The zero-order valence-corrected chi connectivity index (χ0v) is 10.6. The Morgan fingerprint density at radius 1 is 1.41 bits per heavy atom. The molecule has 1 aromatic rings. The van der Waals surface area contributed by atoms with Crippen LogP contribution in [-0.2, 0) is 0 Å². The molecule has 92 valence electrons. The minimum Gasteiger partial charge on any atom is -0.476 e. The second-order valence-electron chi connectivity index (χ2n) is 4.43. The fourth-order valence-corrected chi connectivity index (χ4v) is 2.32. The quantitative estimate of drug-likeness (QED) is 0.830. The van der Waals surface area contributed by atoms with E-state index in [2.05, 4.69) is 10.2 Å². The number of nitrogens with zero attached hydrogens (tertiary/aromatic N) is 2. The number of nitrogens with two attached hydrogens (primary N) is 1. The number of hydrogen-bond donors (Lipinski definition) is 1. The summed E-state index contributed by atoms with van der Waals surface area (Å²) in [6.45, 7) is 0.689. The van der Waals surface area contributed by atoms with Crippen molar-refractivity contribution in [3.63, 3.8) is 0 Å². The Bertz CT molecular complexity index is 391. The molecular formula is C12H17N3OS. The van der Waals surface area contributed by atoms with Gasteiger partial charge in [0.2, 0.25) is 5.88 Å². The Labute approximate surface area is 107 Å². The minimum atomic E-state index is 0.304. The summed E-state index contributed by atoms with van der Waals surface area (Å²) in [5.74, 6) is 1.09. The van der Waals surface area contributed by atoms with Crippen LogP contribution in [0.2, 0.25) is 0 Å². The summed E-state index contributed by atoms with van der Waals surface area (Å²) in [6.07, 6.45) is 8.00. The van der Waals surface area contributed by atoms with Gasteiger partial charge < -0.3 is 10.5 Å². The number of aromatic nitrogens is 2. The largest absolute Gasteiger partial charge is 0.476 e. The van der Waals surface area contributed by atoms with E-state index in [1.807, 2.05) is 0 Å². The van der Waals surface area contributed by atoms with E-state index in [1.165, 1.54) is 32.1 Å². The lowest BCUT2D eigenvalue weighted by Crippen LogP contribution is -2.18. The summed E-state index contributed by atoms with van der Waals surface area (Å²) in [5, 5.41) is 7.75. The average molecular weight is 251 g/mol. The highest BCUT2D eigenvalue weighted by atomic mass is 32.1. The molecule has 0 aromatic carbocycles. The van der Waals surface area contributed by atoms with Crippen LogP contribution in [0, 0.1) is 5.92 Å². The fraction of sp³-hybridized carbons (Fsp3) is 0.583. The normalized spacial score (nSPS) is 16.7. The van der Waals surface area contributed by atoms with Crippen molar-refractivity contribution < 1.29 is 4.74 Å². The molecule has 0 unspecified atom stereocenters. The van der Waals surface area contributed by atoms with Gasteiger partial charge in [0.05, 0.1) is 18.4 Å². The molecule has 2 N–H and O–H groups in total. The molecule has 5 heteroatoms. The van der Waals surface area contributed by atoms with Crippen LogP contribution in [0.5, 0.6) is 5.88 Å². The Balaban J connectivity index is 1.96. The maximum atomic E-state index is 5.70. The standard InChI is InChI=1S/C12H17N3OS/c13-11(17)10-6-7-14-15-12(10)16-8-9-4-2-1-3-5-9/h6-7,9H,1-5,8H2,(H2,13,17). The van der Waals surface area contributed by atoms with E-state index < -0.39 is 0 Å². The van der Waals surface area contributed by atoms with Gasteiger partial charge in [-0.3, -0.25) is 0 Å². The van der Waals surface area contributed by atoms with Crippen molar-refractivity contribution in [3.05, 3.63) is 17.8 Å². The van der Waals surface area contributed by atoms with Crippen molar-refractivity contribution in [1.29, 1.82) is 0 Å². The summed E-state index contributed by atoms with van der Waals surface area (Å²) in [4.78, 5) is 0.304. The number of rotatable bonds is 4. The summed E-state index contributed by atoms with van der Waals surface area (Å²) < 4.78 is 5.70. The average Bonchev–Trinajstić information content (AvgIpc) is 2.38. The molecule has 1 aromatic heterocycles. The lowest BCUT2D eigenvalue weighted by molar-refractivity contribution is 0.201. The van der Waals surface area contributed by atoms with Gasteiger partial charge in [-0.2, -0.15) is 5.10 Å². The van der Waals surface area contributed by atoms with E-state index >= 15 is 0 Å². The molecule has 0 spiro atoms. The molecule has 1 saturated carbocycles. The summed E-state index contributed by atoms with van der Waals surface area (Å²) in [6, 6.07) is 1.74. The van der Waals surface area contributed by atoms with E-state index in [4.69, 9.17) is 22.7 Å². The van der Waals surface area contributed by atoms with Crippen molar-refractivity contribution in [2.24, 2.45) is 11.7 Å². The molecule has 0 atom stereocenters. The maximum Gasteiger partial charge on any atom is 0.243 e. The van der Waals surface area contributed by atoms with Crippen molar-refractivity contribution in [1.82, 2.24) is 10.2 Å². The van der Waals surface area contributed by atoms with E-state index in [-0.39, 0.29) is 0 Å². The molecule has 1 fully saturated rings. The Morgan fingerprint density at radius 2 is 2.18 bits per heavy atom. The summed E-state index contributed by atoms with van der Waals surface area (Å²) in [5.41, 5.74) is 6.28. The third-order valence-corrected chi connectivity index (χ3v) is 3.35. The van der Waals surface area contributed by atoms with Crippen LogP contribution in [-0.4, -0.2) is 21.8 Å². The van der Waals surface area contributed by atoms with Gasteiger partial charge in [0.1, 0.15) is 4.99 Å². The molecule has 1 aliphatic rings. The highest BCUT2D eigenvalue weighted by molar-refractivity contribution is 7.80. The van der Waals surface area contributed by atoms with Gasteiger partial charge in [0, 0.05) is 0 Å². The first-order chi connectivity index (χ1) is 8.27. The summed E-state index contributed by atoms with van der Waals surface area (Å²) in [7, 11) is 0. The first kappa shape index (κ1) is 12.2. The second-order valence-corrected chi connectivity index (χ2v) is 4.87. The van der Waals surface area contributed by atoms with Crippen LogP contribution in [0.25, 0.3) is 0 Å². The van der Waals surface area contributed by atoms with Gasteiger partial charge in [-0.15, -0.1) is 5.10 Å². The third-order valence-electron chi connectivity index (χ3n) is 3.13. The fourth-order valence-electron chi connectivity index (χ4n) is 2.16. The van der Waals surface area contributed by atoms with E-state index in [9.17, 15) is 0 Å². The predicted octanol–water partition coefficient (Wildman–Crippen LogP) is 2.07. The maximum absolute atomic E-state index is 5.70. The Morgan fingerprint density at radius 3 is 2.88 bits per heavy atom. The lowest BCUT2D eigenvalue weighted by Gasteiger charge is -2.21. The van der Waals surface area contributed by atoms with Crippen LogP contribution in [0.3, 0.4) is 0 Å². The molecule has 2 rings (SSSR count). The predicted molar refractivity (Wildman–Crippen MR) is 70.0 cm³/mol. The zero-order valence-electron chi connectivity index (χ0n) is 9.76. The zero-order chi connectivity index (χ0) is 12.1. The number of hydrogen-bond acceptors (Lipinski definition) is 4. The van der Waals surface area contributed by atoms with E-state index in [0.29, 0.717) is 29.0 Å². The highest BCUT2D eigenvalue weighted by Gasteiger charge is 2.16. The van der Waals surface area contributed by atoms with Crippen LogP contribution >= 0.6 is 12.2 Å². The summed E-state index contributed by atoms with van der Waals surface area (Å²) >= 11 is 4.95. The number of thiocarbonyl (C=S) groups is 1. The van der Waals surface area contributed by atoms with Crippen molar-refractivity contribution >= 4 is 17.2 Å². The van der Waals surface area contributed by atoms with Gasteiger partial charge in [-0.05, 0) is 24.8 Å². The van der Waals surface area contributed by atoms with E-state index in [0.717, 1.165) is 0 Å². The third kappa shape index (κ3) is 3.36. The molecule has 1 heterocycles. The van der Waals surface area contributed by atoms with Crippen LogP contribution < -0.4 is 10.5 Å². The Kier molecular flexibility index (Phi) is 4.25. The highest BCUT2D eigenvalue weighted by Crippen LogP contribution is 2.24. The molecule has 0 aliphatic heterocycles. The molecule has 0 saturated heterocycles. The molecule has 0 bridgehead atoms. The molecule has 0 amide bonds. The number of ether oxygens (including phenoxy) is 1. The van der Waals surface area contributed by atoms with E-state index in [1.54, 1.807) is 12.3 Å². The molecule has 1 aliphatic carbocycles. The van der Waals surface area contributed by atoms with Gasteiger partial charge in [0.15, 0.2) is 0 Å².